The van der Waals surface area contributed by atoms with Crippen molar-refractivity contribution in [2.24, 2.45) is 7.05 Å². The van der Waals surface area contributed by atoms with E-state index in [1.54, 1.807) is 0 Å². The van der Waals surface area contributed by atoms with Gasteiger partial charge < -0.3 is 24.8 Å². The standard InChI is InChI=1S/C25H34N6O4/c1-15(2)26-25(32)35-17-8-7-16(11-17)21-12-23(29-28-21)27-20-6-4-5-19-22(30-31(3)24(19)20)14-34-18-9-10-33-13-18/h4-6,12,15-18H,7-11,13-14H2,1-3H3,(H,26,32)(H2,27,28,29)/t16-,17+,18?/m0/s1. The van der Waals surface area contributed by atoms with Gasteiger partial charge in [-0.05, 0) is 45.6 Å². The fourth-order valence-electron chi connectivity index (χ4n) is 4.96. The molecule has 1 aliphatic carbocycles. The predicted molar refractivity (Wildman–Crippen MR) is 132 cm³/mol. The van der Waals surface area contributed by atoms with Gasteiger partial charge in [-0.3, -0.25) is 9.78 Å². The summed E-state index contributed by atoms with van der Waals surface area (Å²) in [6.45, 7) is 5.71. The first-order valence-electron chi connectivity index (χ1n) is 12.4. The number of carbonyl (C=O) groups excluding carboxylic acids is 1. The topological polar surface area (TPSA) is 115 Å². The molecule has 10 heteroatoms. The van der Waals surface area contributed by atoms with Crippen LogP contribution in [-0.2, 0) is 27.9 Å². The third kappa shape index (κ3) is 5.43. The molecule has 35 heavy (non-hydrogen) atoms. The smallest absolute Gasteiger partial charge is 0.407 e. The summed E-state index contributed by atoms with van der Waals surface area (Å²) in [6.07, 6.45) is 3.25. The highest BCUT2D eigenvalue weighted by Crippen LogP contribution is 2.36. The van der Waals surface area contributed by atoms with Gasteiger partial charge >= 0.3 is 6.09 Å². The average molecular weight is 483 g/mol. The third-order valence-electron chi connectivity index (χ3n) is 6.65. The number of H-pyrrole nitrogens is 1. The normalized spacial score (nSPS) is 22.2. The van der Waals surface area contributed by atoms with E-state index in [0.29, 0.717) is 13.2 Å². The van der Waals surface area contributed by atoms with Crippen molar-refractivity contribution >= 4 is 28.5 Å². The minimum atomic E-state index is -0.344. The molecule has 5 rings (SSSR count). The summed E-state index contributed by atoms with van der Waals surface area (Å²) in [5.74, 6) is 1.03. The van der Waals surface area contributed by atoms with Crippen molar-refractivity contribution in [1.82, 2.24) is 25.3 Å². The maximum Gasteiger partial charge on any atom is 0.407 e. The highest BCUT2D eigenvalue weighted by atomic mass is 16.6. The van der Waals surface area contributed by atoms with E-state index in [1.807, 2.05) is 43.8 Å². The Morgan fingerprint density at radius 3 is 2.97 bits per heavy atom. The Hall–Kier alpha value is -3.11. The van der Waals surface area contributed by atoms with Gasteiger partial charge in [0.15, 0.2) is 5.82 Å². The van der Waals surface area contributed by atoms with Crippen LogP contribution in [0.3, 0.4) is 0 Å². The van der Waals surface area contributed by atoms with Crippen LogP contribution in [-0.4, -0.2) is 57.5 Å². The Bertz CT molecular complexity index is 1170. The molecule has 1 amide bonds. The Kier molecular flexibility index (Phi) is 6.92. The van der Waals surface area contributed by atoms with E-state index >= 15 is 0 Å². The van der Waals surface area contributed by atoms with Gasteiger partial charge in [0.25, 0.3) is 0 Å². The Labute approximate surface area is 204 Å². The number of amides is 1. The summed E-state index contributed by atoms with van der Waals surface area (Å²) in [7, 11) is 1.94. The molecule has 3 aromatic rings. The van der Waals surface area contributed by atoms with Gasteiger partial charge in [0.1, 0.15) is 6.10 Å². The number of hydrogen-bond acceptors (Lipinski definition) is 7. The van der Waals surface area contributed by atoms with Crippen molar-refractivity contribution in [2.45, 2.75) is 70.3 Å². The van der Waals surface area contributed by atoms with Crippen LogP contribution in [0, 0.1) is 0 Å². The average Bonchev–Trinajstić information content (AvgIpc) is 3.60. The molecule has 0 spiro atoms. The number of hydrogen-bond donors (Lipinski definition) is 3. The first-order chi connectivity index (χ1) is 17.0. The number of benzene rings is 1. The molecule has 10 nitrogen and oxygen atoms in total. The summed E-state index contributed by atoms with van der Waals surface area (Å²) in [5, 5.41) is 19.7. The van der Waals surface area contributed by atoms with E-state index in [4.69, 9.17) is 19.3 Å². The molecule has 188 valence electrons. The van der Waals surface area contributed by atoms with Crippen LogP contribution in [0.1, 0.15) is 56.8 Å². The molecular weight excluding hydrogens is 448 g/mol. The monoisotopic (exact) mass is 482 g/mol. The van der Waals surface area contributed by atoms with Crippen LogP contribution in [0.4, 0.5) is 16.3 Å². The molecule has 2 aromatic heterocycles. The number of nitrogens with zero attached hydrogens (tertiary/aromatic N) is 3. The molecule has 1 saturated carbocycles. The lowest BCUT2D eigenvalue weighted by Gasteiger charge is -2.14. The molecule has 1 unspecified atom stereocenters. The minimum Gasteiger partial charge on any atom is -0.446 e. The Morgan fingerprint density at radius 1 is 1.29 bits per heavy atom. The summed E-state index contributed by atoms with van der Waals surface area (Å²) in [4.78, 5) is 11.9. The second-order valence-electron chi connectivity index (χ2n) is 9.74. The molecular formula is C25H34N6O4. The number of aromatic amines is 1. The Morgan fingerprint density at radius 2 is 2.17 bits per heavy atom. The fourth-order valence-corrected chi connectivity index (χ4v) is 4.96. The first-order valence-corrected chi connectivity index (χ1v) is 12.4. The number of aromatic nitrogens is 4. The molecule has 0 radical (unpaired) electrons. The first kappa shape index (κ1) is 23.6. The fraction of sp³-hybridized carbons (Fsp3) is 0.560. The molecule has 3 heterocycles. The van der Waals surface area contributed by atoms with Gasteiger partial charge in [0, 0.05) is 42.8 Å². The van der Waals surface area contributed by atoms with Crippen LogP contribution >= 0.6 is 0 Å². The third-order valence-corrected chi connectivity index (χ3v) is 6.65. The van der Waals surface area contributed by atoms with E-state index in [9.17, 15) is 4.79 Å². The van der Waals surface area contributed by atoms with Crippen LogP contribution in [0.2, 0.25) is 0 Å². The number of rotatable bonds is 8. The van der Waals surface area contributed by atoms with Gasteiger partial charge in [-0.15, -0.1) is 0 Å². The molecule has 3 N–H and O–H groups in total. The summed E-state index contributed by atoms with van der Waals surface area (Å²) < 4.78 is 18.9. The highest BCUT2D eigenvalue weighted by Gasteiger charge is 2.30. The zero-order valence-corrected chi connectivity index (χ0v) is 20.5. The van der Waals surface area contributed by atoms with Crippen molar-refractivity contribution in [1.29, 1.82) is 0 Å². The second-order valence-corrected chi connectivity index (χ2v) is 9.74. The van der Waals surface area contributed by atoms with E-state index in [0.717, 1.165) is 66.1 Å². The van der Waals surface area contributed by atoms with Crippen LogP contribution in [0.15, 0.2) is 24.3 Å². The molecule has 1 saturated heterocycles. The molecule has 1 aliphatic heterocycles. The van der Waals surface area contributed by atoms with Crippen LogP contribution in [0.25, 0.3) is 10.9 Å². The molecule has 0 bridgehead atoms. The number of anilines is 2. The molecule has 1 aromatic carbocycles. The summed E-state index contributed by atoms with van der Waals surface area (Å²) in [6, 6.07) is 8.22. The van der Waals surface area contributed by atoms with Gasteiger partial charge in [-0.2, -0.15) is 10.2 Å². The van der Waals surface area contributed by atoms with Gasteiger partial charge in [-0.1, -0.05) is 12.1 Å². The number of para-hydroxylation sites is 1. The number of carbonyl (C=O) groups is 1. The summed E-state index contributed by atoms with van der Waals surface area (Å²) in [5.41, 5.74) is 3.90. The number of nitrogens with one attached hydrogen (secondary N) is 3. The maximum absolute atomic E-state index is 11.9. The van der Waals surface area contributed by atoms with Crippen LogP contribution in [0.5, 0.6) is 0 Å². The van der Waals surface area contributed by atoms with Crippen molar-refractivity contribution in [3.05, 3.63) is 35.7 Å². The zero-order chi connectivity index (χ0) is 24.4. The summed E-state index contributed by atoms with van der Waals surface area (Å²) >= 11 is 0. The number of fused-ring (bicyclic) bond motifs is 1. The highest BCUT2D eigenvalue weighted by molar-refractivity contribution is 5.94. The lowest BCUT2D eigenvalue weighted by Crippen LogP contribution is -2.33. The van der Waals surface area contributed by atoms with Crippen LogP contribution < -0.4 is 10.6 Å². The minimum absolute atomic E-state index is 0.0651. The van der Waals surface area contributed by atoms with Gasteiger partial charge in [-0.25, -0.2) is 4.79 Å². The quantitative estimate of drug-likeness (QED) is 0.442. The number of alkyl carbamates (subject to hydrolysis) is 1. The van der Waals surface area contributed by atoms with Gasteiger partial charge in [0.2, 0.25) is 0 Å². The predicted octanol–water partition coefficient (Wildman–Crippen LogP) is 4.12. The second kappa shape index (κ2) is 10.2. The molecule has 2 aliphatic rings. The SMILES string of the molecule is CC(C)NC(=O)O[C@@H]1CC[C@H](c2cc(Nc3cccc4c(COC5CCOC5)nn(C)c34)n[nH]2)C1. The Balaban J connectivity index is 1.24. The van der Waals surface area contributed by atoms with Crippen molar-refractivity contribution in [3.8, 4) is 0 Å². The largest absolute Gasteiger partial charge is 0.446 e. The molecule has 2 fully saturated rings. The maximum atomic E-state index is 11.9. The van der Waals surface area contributed by atoms with Crippen molar-refractivity contribution in [2.75, 3.05) is 18.5 Å². The van der Waals surface area contributed by atoms with Crippen molar-refractivity contribution in [3.63, 3.8) is 0 Å². The number of ether oxygens (including phenoxy) is 3. The zero-order valence-electron chi connectivity index (χ0n) is 20.5. The van der Waals surface area contributed by atoms with E-state index < -0.39 is 0 Å². The lowest BCUT2D eigenvalue weighted by molar-refractivity contribution is 0.0304. The number of aryl methyl sites for hydroxylation is 1. The van der Waals surface area contributed by atoms with E-state index in [1.165, 1.54) is 0 Å². The lowest BCUT2D eigenvalue weighted by atomic mass is 10.0. The van der Waals surface area contributed by atoms with E-state index in [2.05, 4.69) is 26.9 Å². The van der Waals surface area contributed by atoms with Gasteiger partial charge in [0.05, 0.1) is 36.2 Å². The molecule has 3 atom stereocenters. The van der Waals surface area contributed by atoms with E-state index in [-0.39, 0.29) is 30.3 Å². The van der Waals surface area contributed by atoms with Crippen molar-refractivity contribution < 1.29 is 19.0 Å².